The number of carboxylic acid groups (broad SMARTS) is 1. The smallest absolute Gasteiger partial charge is 0.407 e. The van der Waals surface area contributed by atoms with E-state index in [1.165, 1.54) is 0 Å². The number of rotatable bonds is 7. The lowest BCUT2D eigenvalue weighted by molar-refractivity contribution is -0.148. The molecule has 0 aromatic heterocycles. The van der Waals surface area contributed by atoms with Crippen LogP contribution in [-0.2, 0) is 14.3 Å². The summed E-state index contributed by atoms with van der Waals surface area (Å²) in [6, 6.07) is 13.6. The molecule has 0 spiro atoms. The maximum Gasteiger partial charge on any atom is 0.407 e. The molecule has 34 heavy (non-hydrogen) atoms. The van der Waals surface area contributed by atoms with E-state index in [2.05, 4.69) is 5.32 Å². The molecule has 2 aromatic rings. The third kappa shape index (κ3) is 4.73. The van der Waals surface area contributed by atoms with Gasteiger partial charge < -0.3 is 20.1 Å². The van der Waals surface area contributed by atoms with Gasteiger partial charge in [0.05, 0.1) is 6.54 Å². The Morgan fingerprint density at radius 3 is 2.26 bits per heavy atom. The number of benzene rings is 2. The summed E-state index contributed by atoms with van der Waals surface area (Å²) in [7, 11) is 0. The number of hydrogen-bond acceptors (Lipinski definition) is 4. The summed E-state index contributed by atoms with van der Waals surface area (Å²) in [4.78, 5) is 37.1. The molecule has 1 unspecified atom stereocenters. The van der Waals surface area contributed by atoms with Crippen LogP contribution >= 0.6 is 0 Å². The van der Waals surface area contributed by atoms with Gasteiger partial charge in [0.2, 0.25) is 5.91 Å². The normalized spacial score (nSPS) is 19.3. The number of carbonyl (C=O) groups excluding carboxylic acids is 2. The van der Waals surface area contributed by atoms with Crippen LogP contribution in [-0.4, -0.2) is 59.1 Å². The predicted octanol–water partition coefficient (Wildman–Crippen LogP) is 4.01. The minimum atomic E-state index is -3.25. The van der Waals surface area contributed by atoms with Crippen molar-refractivity contribution >= 4 is 18.0 Å². The standard InChI is InChI=1S/C25H26F2N2O5/c1-2-15(11-22(30)29-14-25(26,27)12-21(29)23(31)32)28-24(33)34-13-20-18-9-5-3-7-16(18)17-8-4-6-10-19(17)20/h3-10,15,20-21H,2,11-14H2,1H3,(H,28,33)(H,31,32)/t15-,21?/m1/s1. The molecule has 0 radical (unpaired) electrons. The fraction of sp³-hybridized carbons (Fsp3) is 0.400. The van der Waals surface area contributed by atoms with Crippen molar-refractivity contribution in [3.05, 3.63) is 59.7 Å². The summed E-state index contributed by atoms with van der Waals surface area (Å²) >= 11 is 0. The minimum absolute atomic E-state index is 0.101. The number of carbonyl (C=O) groups is 3. The van der Waals surface area contributed by atoms with Gasteiger partial charge in [-0.25, -0.2) is 18.4 Å². The number of carboxylic acids is 1. The number of ether oxygens (including phenoxy) is 1. The molecule has 2 aromatic carbocycles. The lowest BCUT2D eigenvalue weighted by Crippen LogP contribution is -2.45. The van der Waals surface area contributed by atoms with E-state index in [9.17, 15) is 28.3 Å². The highest BCUT2D eigenvalue weighted by molar-refractivity contribution is 5.85. The summed E-state index contributed by atoms with van der Waals surface area (Å²) in [5, 5.41) is 11.8. The molecule has 7 nitrogen and oxygen atoms in total. The van der Waals surface area contributed by atoms with Crippen LogP contribution < -0.4 is 5.32 Å². The molecule has 1 heterocycles. The first-order chi connectivity index (χ1) is 16.2. The number of alkyl halides is 2. The maximum atomic E-state index is 13.7. The van der Waals surface area contributed by atoms with Gasteiger partial charge in [0.1, 0.15) is 12.6 Å². The fourth-order valence-electron chi connectivity index (χ4n) is 4.73. The van der Waals surface area contributed by atoms with E-state index in [4.69, 9.17) is 4.74 Å². The van der Waals surface area contributed by atoms with Gasteiger partial charge in [-0.2, -0.15) is 0 Å². The first kappa shape index (κ1) is 23.7. The number of aliphatic carboxylic acids is 1. The Kier molecular flexibility index (Phi) is 6.54. The molecule has 1 fully saturated rings. The third-order valence-electron chi connectivity index (χ3n) is 6.45. The number of likely N-dealkylation sites (tertiary alicyclic amines) is 1. The van der Waals surface area contributed by atoms with Gasteiger partial charge in [0.25, 0.3) is 5.92 Å². The fourth-order valence-corrected chi connectivity index (χ4v) is 4.73. The van der Waals surface area contributed by atoms with Crippen LogP contribution in [0.25, 0.3) is 11.1 Å². The lowest BCUT2D eigenvalue weighted by atomic mass is 9.98. The average molecular weight is 472 g/mol. The second-order valence-corrected chi connectivity index (χ2v) is 8.71. The average Bonchev–Trinajstić information content (AvgIpc) is 3.31. The Balaban J connectivity index is 1.36. The zero-order chi connectivity index (χ0) is 24.5. The molecule has 2 N–H and O–H groups in total. The molecule has 0 bridgehead atoms. The van der Waals surface area contributed by atoms with Crippen molar-refractivity contribution in [3.8, 4) is 11.1 Å². The van der Waals surface area contributed by atoms with E-state index in [0.29, 0.717) is 11.3 Å². The van der Waals surface area contributed by atoms with Crippen LogP contribution in [0.15, 0.2) is 48.5 Å². The molecule has 1 saturated heterocycles. The highest BCUT2D eigenvalue weighted by atomic mass is 19.3. The zero-order valence-corrected chi connectivity index (χ0v) is 18.7. The topological polar surface area (TPSA) is 95.9 Å². The monoisotopic (exact) mass is 472 g/mol. The van der Waals surface area contributed by atoms with E-state index in [1.807, 2.05) is 48.5 Å². The third-order valence-corrected chi connectivity index (χ3v) is 6.45. The summed E-state index contributed by atoms with van der Waals surface area (Å²) in [6.07, 6.45) is -1.58. The summed E-state index contributed by atoms with van der Waals surface area (Å²) in [5.74, 6) is -5.58. The summed E-state index contributed by atoms with van der Waals surface area (Å²) in [5.41, 5.74) is 4.32. The zero-order valence-electron chi connectivity index (χ0n) is 18.7. The van der Waals surface area contributed by atoms with E-state index >= 15 is 0 Å². The number of nitrogens with zero attached hydrogens (tertiary/aromatic N) is 1. The molecule has 0 saturated carbocycles. The van der Waals surface area contributed by atoms with E-state index in [1.54, 1.807) is 6.92 Å². The van der Waals surface area contributed by atoms with Gasteiger partial charge in [-0.3, -0.25) is 4.79 Å². The van der Waals surface area contributed by atoms with Crippen LogP contribution in [0, 0.1) is 0 Å². The minimum Gasteiger partial charge on any atom is -0.480 e. The molecule has 1 aliphatic heterocycles. The van der Waals surface area contributed by atoms with Crippen molar-refractivity contribution in [2.24, 2.45) is 0 Å². The molecule has 2 amide bonds. The Morgan fingerprint density at radius 1 is 1.12 bits per heavy atom. The van der Waals surface area contributed by atoms with Crippen LogP contribution in [0.1, 0.15) is 43.2 Å². The summed E-state index contributed by atoms with van der Waals surface area (Å²) in [6.45, 7) is 0.892. The van der Waals surface area contributed by atoms with Gasteiger partial charge in [-0.1, -0.05) is 55.5 Å². The molecule has 180 valence electrons. The highest BCUT2D eigenvalue weighted by Crippen LogP contribution is 2.44. The van der Waals surface area contributed by atoms with Crippen molar-refractivity contribution < 1.29 is 33.0 Å². The van der Waals surface area contributed by atoms with Gasteiger partial charge in [0, 0.05) is 24.8 Å². The van der Waals surface area contributed by atoms with Gasteiger partial charge in [-0.05, 0) is 28.7 Å². The molecule has 9 heteroatoms. The molecule has 2 atom stereocenters. The molecule has 4 rings (SSSR count). The van der Waals surface area contributed by atoms with Crippen molar-refractivity contribution in [3.63, 3.8) is 0 Å². The predicted molar refractivity (Wildman–Crippen MR) is 120 cm³/mol. The maximum absolute atomic E-state index is 13.7. The van der Waals surface area contributed by atoms with E-state index in [-0.39, 0.29) is 18.9 Å². The molecule has 1 aliphatic carbocycles. The number of alkyl carbamates (subject to hydrolysis) is 1. The van der Waals surface area contributed by atoms with Crippen molar-refractivity contribution in [1.82, 2.24) is 10.2 Å². The Labute approximate surface area is 195 Å². The Bertz CT molecular complexity index is 1060. The first-order valence-electron chi connectivity index (χ1n) is 11.2. The van der Waals surface area contributed by atoms with Gasteiger partial charge in [0.15, 0.2) is 0 Å². The number of hydrogen-bond donors (Lipinski definition) is 2. The molecular weight excluding hydrogens is 446 g/mol. The van der Waals surface area contributed by atoms with Crippen LogP contribution in [0.4, 0.5) is 13.6 Å². The van der Waals surface area contributed by atoms with Crippen LogP contribution in [0.2, 0.25) is 0 Å². The van der Waals surface area contributed by atoms with E-state index in [0.717, 1.165) is 22.3 Å². The number of halogens is 2. The second kappa shape index (κ2) is 9.40. The van der Waals surface area contributed by atoms with Crippen molar-refractivity contribution in [2.45, 2.75) is 50.1 Å². The molecular formula is C25H26F2N2O5. The quantitative estimate of drug-likeness (QED) is 0.635. The lowest BCUT2D eigenvalue weighted by Gasteiger charge is -2.24. The SMILES string of the molecule is CC[C@H](CC(=O)N1CC(F)(F)CC1C(=O)O)NC(=O)OCC1c2ccccc2-c2ccccc21. The molecule has 2 aliphatic rings. The van der Waals surface area contributed by atoms with Crippen LogP contribution in [0.5, 0.6) is 0 Å². The largest absolute Gasteiger partial charge is 0.480 e. The van der Waals surface area contributed by atoms with Gasteiger partial charge >= 0.3 is 12.1 Å². The number of amides is 2. The van der Waals surface area contributed by atoms with Crippen molar-refractivity contribution in [1.29, 1.82) is 0 Å². The highest BCUT2D eigenvalue weighted by Gasteiger charge is 2.50. The number of nitrogens with one attached hydrogen (secondary N) is 1. The first-order valence-corrected chi connectivity index (χ1v) is 11.2. The second-order valence-electron chi connectivity index (χ2n) is 8.71. The van der Waals surface area contributed by atoms with E-state index < -0.39 is 48.9 Å². The number of fused-ring (bicyclic) bond motifs is 3. The Hall–Kier alpha value is -3.49. The Morgan fingerprint density at radius 2 is 1.71 bits per heavy atom. The summed E-state index contributed by atoms with van der Waals surface area (Å²) < 4.78 is 32.9. The van der Waals surface area contributed by atoms with Crippen molar-refractivity contribution in [2.75, 3.05) is 13.2 Å². The van der Waals surface area contributed by atoms with Crippen LogP contribution in [0.3, 0.4) is 0 Å². The van der Waals surface area contributed by atoms with Gasteiger partial charge in [-0.15, -0.1) is 0 Å².